The maximum Gasteiger partial charge on any atom is 0.235 e. The van der Waals surface area contributed by atoms with E-state index in [0.29, 0.717) is 40.4 Å². The molecule has 7 heteroatoms. The number of benzene rings is 2. The molecule has 1 fully saturated rings. The number of hydrogen-bond donors (Lipinski definition) is 0. The topological polar surface area (TPSA) is 70.4 Å². The molecule has 0 amide bonds. The maximum atomic E-state index is 13.2. The van der Waals surface area contributed by atoms with Crippen LogP contribution in [-0.2, 0) is 4.74 Å². The van der Waals surface area contributed by atoms with E-state index >= 15 is 0 Å². The maximum absolute atomic E-state index is 13.2. The van der Waals surface area contributed by atoms with E-state index in [1.54, 1.807) is 38.5 Å². The van der Waals surface area contributed by atoms with Crippen LogP contribution in [0.4, 0.5) is 0 Å². The Morgan fingerprint density at radius 2 is 1.77 bits per heavy atom. The van der Waals surface area contributed by atoms with Crippen molar-refractivity contribution in [2.45, 2.75) is 6.42 Å². The Balaban J connectivity index is 1.64. The average molecular weight is 425 g/mol. The fourth-order valence-corrected chi connectivity index (χ4v) is 3.71. The van der Waals surface area contributed by atoms with Crippen LogP contribution in [0, 0.1) is 0 Å². The van der Waals surface area contributed by atoms with Crippen LogP contribution in [0.1, 0.15) is 6.42 Å². The lowest BCUT2D eigenvalue weighted by Crippen LogP contribution is -2.37. The SMILES string of the molecule is COc1ccc(-c2oc3ccccc3c(=O)c2OCCCN2CCOCC2)cc1OC. The average Bonchev–Trinajstić information content (AvgIpc) is 2.83. The lowest BCUT2D eigenvalue weighted by Gasteiger charge is -2.26. The first kappa shape index (κ1) is 21.2. The van der Waals surface area contributed by atoms with Crippen LogP contribution >= 0.6 is 0 Å². The van der Waals surface area contributed by atoms with Gasteiger partial charge in [0.1, 0.15) is 5.58 Å². The second kappa shape index (κ2) is 9.85. The number of para-hydroxylation sites is 1. The van der Waals surface area contributed by atoms with Crippen LogP contribution in [0.5, 0.6) is 17.2 Å². The Morgan fingerprint density at radius 1 is 1.00 bits per heavy atom. The lowest BCUT2D eigenvalue weighted by atomic mass is 10.1. The number of morpholine rings is 1. The van der Waals surface area contributed by atoms with Gasteiger partial charge < -0.3 is 23.4 Å². The molecule has 7 nitrogen and oxygen atoms in total. The molecular weight excluding hydrogens is 398 g/mol. The fourth-order valence-electron chi connectivity index (χ4n) is 3.71. The molecule has 1 saturated heterocycles. The molecule has 1 aliphatic rings. The Hall–Kier alpha value is -3.03. The van der Waals surface area contributed by atoms with E-state index in [-0.39, 0.29) is 11.2 Å². The van der Waals surface area contributed by atoms with Crippen LogP contribution in [0.2, 0.25) is 0 Å². The number of ether oxygens (including phenoxy) is 4. The summed E-state index contributed by atoms with van der Waals surface area (Å²) < 4.78 is 28.3. The normalized spacial score (nSPS) is 14.5. The highest BCUT2D eigenvalue weighted by molar-refractivity contribution is 5.82. The van der Waals surface area contributed by atoms with Crippen LogP contribution in [0.3, 0.4) is 0 Å². The van der Waals surface area contributed by atoms with E-state index in [2.05, 4.69) is 4.90 Å². The molecule has 1 aliphatic heterocycles. The van der Waals surface area contributed by atoms with Crippen molar-refractivity contribution in [1.29, 1.82) is 0 Å². The van der Waals surface area contributed by atoms with E-state index in [4.69, 9.17) is 23.4 Å². The predicted molar refractivity (Wildman–Crippen MR) is 118 cm³/mol. The molecule has 2 aromatic carbocycles. The van der Waals surface area contributed by atoms with Crippen LogP contribution < -0.4 is 19.6 Å². The van der Waals surface area contributed by atoms with E-state index in [0.717, 1.165) is 39.3 Å². The molecule has 4 rings (SSSR count). The molecule has 0 aliphatic carbocycles. The minimum atomic E-state index is -0.182. The summed E-state index contributed by atoms with van der Waals surface area (Å²) in [5.41, 5.74) is 1.01. The number of hydrogen-bond acceptors (Lipinski definition) is 7. The summed E-state index contributed by atoms with van der Waals surface area (Å²) in [5, 5.41) is 0.495. The van der Waals surface area contributed by atoms with Gasteiger partial charge in [0.05, 0.1) is 39.4 Å². The molecule has 164 valence electrons. The van der Waals surface area contributed by atoms with E-state index in [9.17, 15) is 4.79 Å². The summed E-state index contributed by atoms with van der Waals surface area (Å²) >= 11 is 0. The van der Waals surface area contributed by atoms with Gasteiger partial charge in [-0.05, 0) is 36.8 Å². The van der Waals surface area contributed by atoms with Gasteiger partial charge in [-0.3, -0.25) is 9.69 Å². The number of methoxy groups -OCH3 is 2. The zero-order valence-electron chi connectivity index (χ0n) is 17.9. The zero-order valence-corrected chi connectivity index (χ0v) is 17.9. The smallest absolute Gasteiger partial charge is 0.235 e. The van der Waals surface area contributed by atoms with Crippen molar-refractivity contribution in [2.75, 3.05) is 53.7 Å². The molecule has 1 aromatic heterocycles. The molecule has 3 aromatic rings. The van der Waals surface area contributed by atoms with E-state index in [1.807, 2.05) is 18.2 Å². The summed E-state index contributed by atoms with van der Waals surface area (Å²) in [5.74, 6) is 1.75. The number of nitrogens with zero attached hydrogens (tertiary/aromatic N) is 1. The van der Waals surface area contributed by atoms with E-state index in [1.165, 1.54) is 0 Å². The minimum Gasteiger partial charge on any atom is -0.493 e. The van der Waals surface area contributed by atoms with Crippen molar-refractivity contribution in [3.05, 3.63) is 52.7 Å². The van der Waals surface area contributed by atoms with Crippen LogP contribution in [0.15, 0.2) is 51.7 Å². The van der Waals surface area contributed by atoms with Crippen molar-refractivity contribution in [2.24, 2.45) is 0 Å². The highest BCUT2D eigenvalue weighted by Gasteiger charge is 2.19. The molecule has 0 atom stereocenters. The number of fused-ring (bicyclic) bond motifs is 1. The van der Waals surface area contributed by atoms with Gasteiger partial charge in [-0.25, -0.2) is 0 Å². The number of rotatable bonds is 8. The van der Waals surface area contributed by atoms with Gasteiger partial charge in [0, 0.05) is 25.2 Å². The van der Waals surface area contributed by atoms with Gasteiger partial charge in [0.15, 0.2) is 17.3 Å². The van der Waals surface area contributed by atoms with Gasteiger partial charge in [0.2, 0.25) is 11.2 Å². The molecule has 0 radical (unpaired) electrons. The molecule has 0 N–H and O–H groups in total. The standard InChI is InChI=1S/C24H27NO6/c1-27-20-9-8-17(16-21(20)28-2)23-24(22(26)18-6-3-4-7-19(18)31-23)30-13-5-10-25-11-14-29-15-12-25/h3-4,6-9,16H,5,10-15H2,1-2H3. The largest absolute Gasteiger partial charge is 0.493 e. The first-order chi connectivity index (χ1) is 15.2. The quantitative estimate of drug-likeness (QED) is 0.511. The van der Waals surface area contributed by atoms with Gasteiger partial charge in [-0.15, -0.1) is 0 Å². The van der Waals surface area contributed by atoms with Crippen LogP contribution in [-0.4, -0.2) is 58.6 Å². The van der Waals surface area contributed by atoms with E-state index < -0.39 is 0 Å². The summed E-state index contributed by atoms with van der Waals surface area (Å²) in [7, 11) is 3.15. The van der Waals surface area contributed by atoms with Gasteiger partial charge in [-0.2, -0.15) is 0 Å². The van der Waals surface area contributed by atoms with Gasteiger partial charge in [0.25, 0.3) is 0 Å². The Kier molecular flexibility index (Phi) is 6.74. The van der Waals surface area contributed by atoms with Crippen molar-refractivity contribution in [3.8, 4) is 28.6 Å². The molecule has 0 spiro atoms. The Labute approximate surface area is 181 Å². The molecule has 0 bridgehead atoms. The van der Waals surface area contributed by atoms with Crippen LogP contribution in [0.25, 0.3) is 22.3 Å². The highest BCUT2D eigenvalue weighted by atomic mass is 16.5. The Morgan fingerprint density at radius 3 is 2.55 bits per heavy atom. The second-order valence-electron chi connectivity index (χ2n) is 7.31. The van der Waals surface area contributed by atoms with Gasteiger partial charge in [-0.1, -0.05) is 12.1 Å². The first-order valence-electron chi connectivity index (χ1n) is 10.4. The van der Waals surface area contributed by atoms with Crippen molar-refractivity contribution in [3.63, 3.8) is 0 Å². The van der Waals surface area contributed by atoms with Crippen molar-refractivity contribution >= 4 is 11.0 Å². The Bertz CT molecular complexity index is 1090. The summed E-state index contributed by atoms with van der Waals surface area (Å²) in [6.45, 7) is 4.69. The van der Waals surface area contributed by atoms with Crippen molar-refractivity contribution < 1.29 is 23.4 Å². The summed E-state index contributed by atoms with van der Waals surface area (Å²) in [6.07, 6.45) is 0.803. The second-order valence-corrected chi connectivity index (χ2v) is 7.31. The zero-order chi connectivity index (χ0) is 21.6. The predicted octanol–water partition coefficient (Wildman–Crippen LogP) is 3.58. The lowest BCUT2D eigenvalue weighted by molar-refractivity contribution is 0.0357. The molecule has 0 saturated carbocycles. The third-order valence-electron chi connectivity index (χ3n) is 5.37. The summed E-state index contributed by atoms with van der Waals surface area (Å²) in [6, 6.07) is 12.6. The molecule has 31 heavy (non-hydrogen) atoms. The summed E-state index contributed by atoms with van der Waals surface area (Å²) in [4.78, 5) is 15.6. The highest BCUT2D eigenvalue weighted by Crippen LogP contribution is 2.36. The molecule has 2 heterocycles. The van der Waals surface area contributed by atoms with Gasteiger partial charge >= 0.3 is 0 Å². The third kappa shape index (κ3) is 4.68. The fraction of sp³-hybridized carbons (Fsp3) is 0.375. The first-order valence-corrected chi connectivity index (χ1v) is 10.4. The third-order valence-corrected chi connectivity index (χ3v) is 5.37. The molecule has 0 unspecified atom stereocenters. The monoisotopic (exact) mass is 425 g/mol. The molecular formula is C24H27NO6. The van der Waals surface area contributed by atoms with Crippen molar-refractivity contribution in [1.82, 2.24) is 4.90 Å². The minimum absolute atomic E-state index is 0.182.